The van der Waals surface area contributed by atoms with E-state index in [9.17, 15) is 18.0 Å². The van der Waals surface area contributed by atoms with Crippen molar-refractivity contribution in [2.45, 2.75) is 36.7 Å². The molecule has 8 heteroatoms. The van der Waals surface area contributed by atoms with Crippen LogP contribution in [-0.4, -0.2) is 50.2 Å². The molecule has 1 N–H and O–H groups in total. The van der Waals surface area contributed by atoms with Gasteiger partial charge in [0.25, 0.3) is 0 Å². The minimum Gasteiger partial charge on any atom is -0.484 e. The summed E-state index contributed by atoms with van der Waals surface area (Å²) in [7, 11) is -3.66. The molecule has 4 rings (SSSR count). The fourth-order valence-electron chi connectivity index (χ4n) is 4.04. The predicted molar refractivity (Wildman–Crippen MR) is 111 cm³/mol. The molecule has 2 aliphatic heterocycles. The molecule has 2 aliphatic rings. The lowest BCUT2D eigenvalue weighted by atomic mass is 9.89. The van der Waals surface area contributed by atoms with Gasteiger partial charge in [-0.2, -0.15) is 0 Å². The van der Waals surface area contributed by atoms with E-state index in [1.807, 2.05) is 19.1 Å². The number of para-hydroxylation sites is 1. The monoisotopic (exact) mass is 428 g/mol. The van der Waals surface area contributed by atoms with Crippen LogP contribution in [0.15, 0.2) is 53.4 Å². The van der Waals surface area contributed by atoms with Gasteiger partial charge in [-0.3, -0.25) is 9.59 Å². The molecule has 158 valence electrons. The second kappa shape index (κ2) is 7.85. The lowest BCUT2D eigenvalue weighted by Crippen LogP contribution is -2.45. The Bertz CT molecular complexity index is 1100. The molecule has 1 amide bonds. The Morgan fingerprint density at radius 2 is 2.00 bits per heavy atom. The number of ether oxygens (including phenoxy) is 1. The Kier molecular flexibility index (Phi) is 5.38. The second-order valence-corrected chi connectivity index (χ2v) is 9.68. The molecule has 1 unspecified atom stereocenters. The van der Waals surface area contributed by atoms with Crippen LogP contribution in [-0.2, 0) is 14.8 Å². The number of sulfonamides is 1. The van der Waals surface area contributed by atoms with Crippen LogP contribution in [0.2, 0.25) is 0 Å². The summed E-state index contributed by atoms with van der Waals surface area (Å²) in [6, 6.07) is 13.8. The van der Waals surface area contributed by atoms with E-state index >= 15 is 0 Å². The number of benzene rings is 2. The third-order valence-corrected chi connectivity index (χ3v) is 7.06. The van der Waals surface area contributed by atoms with Gasteiger partial charge in [-0.1, -0.05) is 24.3 Å². The minimum absolute atomic E-state index is 0.0151. The molecule has 2 aromatic carbocycles. The average molecular weight is 429 g/mol. The van der Waals surface area contributed by atoms with Crippen LogP contribution >= 0.6 is 0 Å². The van der Waals surface area contributed by atoms with Gasteiger partial charge in [-0.05, 0) is 36.8 Å². The SMILES string of the molecule is Cc1cccc(S(=O)(=O)NCCC(=O)N2CCC3(CC(=O)c4ccccc4O3)C2)c1. The molecule has 1 fully saturated rings. The minimum atomic E-state index is -3.66. The zero-order chi connectivity index (χ0) is 21.4. The first kappa shape index (κ1) is 20.6. The Labute approximate surface area is 176 Å². The standard InChI is InChI=1S/C22H24N2O5S/c1-16-5-4-6-17(13-16)30(27,28)23-11-9-21(26)24-12-10-22(15-24)14-19(25)18-7-2-3-8-20(18)29-22/h2-8,13,23H,9-12,14-15H2,1H3. The molecule has 0 aliphatic carbocycles. The Balaban J connectivity index is 1.34. The van der Waals surface area contributed by atoms with Gasteiger partial charge in [0.1, 0.15) is 11.4 Å². The highest BCUT2D eigenvalue weighted by Crippen LogP contribution is 2.38. The van der Waals surface area contributed by atoms with Crippen molar-refractivity contribution in [1.29, 1.82) is 0 Å². The summed E-state index contributed by atoms with van der Waals surface area (Å²) >= 11 is 0. The lowest BCUT2D eigenvalue weighted by molar-refractivity contribution is -0.130. The van der Waals surface area contributed by atoms with Crippen molar-refractivity contribution in [3.63, 3.8) is 0 Å². The number of hydrogen-bond acceptors (Lipinski definition) is 5. The fourth-order valence-corrected chi connectivity index (χ4v) is 5.18. The lowest BCUT2D eigenvalue weighted by Gasteiger charge is -2.34. The number of carbonyl (C=O) groups excluding carboxylic acids is 2. The van der Waals surface area contributed by atoms with Crippen LogP contribution in [0.25, 0.3) is 0 Å². The van der Waals surface area contributed by atoms with E-state index in [1.54, 1.807) is 35.2 Å². The van der Waals surface area contributed by atoms with Crippen molar-refractivity contribution in [3.8, 4) is 5.75 Å². The zero-order valence-electron chi connectivity index (χ0n) is 16.8. The van der Waals surface area contributed by atoms with Crippen molar-refractivity contribution in [1.82, 2.24) is 9.62 Å². The molecule has 1 saturated heterocycles. The molecule has 1 spiro atoms. The van der Waals surface area contributed by atoms with Crippen LogP contribution in [0.1, 0.15) is 35.2 Å². The summed E-state index contributed by atoms with van der Waals surface area (Å²) in [6.45, 7) is 2.65. The molecular formula is C22H24N2O5S. The van der Waals surface area contributed by atoms with Crippen molar-refractivity contribution >= 4 is 21.7 Å². The highest BCUT2D eigenvalue weighted by atomic mass is 32.2. The Morgan fingerprint density at radius 1 is 1.20 bits per heavy atom. The number of nitrogens with one attached hydrogen (secondary N) is 1. The number of nitrogens with zero attached hydrogens (tertiary/aromatic N) is 1. The average Bonchev–Trinajstić information content (AvgIpc) is 3.11. The van der Waals surface area contributed by atoms with Crippen LogP contribution in [0.5, 0.6) is 5.75 Å². The maximum atomic E-state index is 12.6. The quantitative estimate of drug-likeness (QED) is 0.789. The largest absolute Gasteiger partial charge is 0.484 e. The third kappa shape index (κ3) is 4.11. The first-order valence-corrected chi connectivity index (χ1v) is 11.4. The molecule has 0 saturated carbocycles. The van der Waals surface area contributed by atoms with E-state index in [4.69, 9.17) is 4.74 Å². The van der Waals surface area contributed by atoms with E-state index < -0.39 is 15.6 Å². The second-order valence-electron chi connectivity index (χ2n) is 7.91. The number of aryl methyl sites for hydroxylation is 1. The summed E-state index contributed by atoms with van der Waals surface area (Å²) in [5, 5.41) is 0. The van der Waals surface area contributed by atoms with E-state index in [0.29, 0.717) is 30.8 Å². The first-order chi connectivity index (χ1) is 14.3. The van der Waals surface area contributed by atoms with Gasteiger partial charge in [-0.25, -0.2) is 13.1 Å². The van der Waals surface area contributed by atoms with Gasteiger partial charge in [0.05, 0.1) is 23.4 Å². The van der Waals surface area contributed by atoms with E-state index in [1.165, 1.54) is 6.07 Å². The van der Waals surface area contributed by atoms with Gasteiger partial charge in [-0.15, -0.1) is 0 Å². The highest BCUT2D eigenvalue weighted by molar-refractivity contribution is 7.89. The predicted octanol–water partition coefficient (Wildman–Crippen LogP) is 2.30. The number of hydrogen-bond donors (Lipinski definition) is 1. The maximum Gasteiger partial charge on any atom is 0.240 e. The van der Waals surface area contributed by atoms with E-state index in [0.717, 1.165) is 5.56 Å². The molecule has 0 aromatic heterocycles. The normalized spacial score (nSPS) is 20.8. The third-order valence-electron chi connectivity index (χ3n) is 5.60. The van der Waals surface area contributed by atoms with Crippen LogP contribution < -0.4 is 9.46 Å². The Hall–Kier alpha value is -2.71. The highest BCUT2D eigenvalue weighted by Gasteiger charge is 2.46. The van der Waals surface area contributed by atoms with Gasteiger partial charge >= 0.3 is 0 Å². The fraction of sp³-hybridized carbons (Fsp3) is 0.364. The summed E-state index contributed by atoms with van der Waals surface area (Å²) < 4.78 is 33.4. The van der Waals surface area contributed by atoms with Gasteiger partial charge in [0.15, 0.2) is 5.78 Å². The summed E-state index contributed by atoms with van der Waals surface area (Å²) in [6.07, 6.45) is 0.868. The molecule has 0 radical (unpaired) electrons. The first-order valence-electron chi connectivity index (χ1n) is 9.93. The van der Waals surface area contributed by atoms with Gasteiger partial charge in [0, 0.05) is 25.9 Å². The van der Waals surface area contributed by atoms with Crippen molar-refractivity contribution in [2.75, 3.05) is 19.6 Å². The zero-order valence-corrected chi connectivity index (χ0v) is 17.6. The van der Waals surface area contributed by atoms with Gasteiger partial charge in [0.2, 0.25) is 15.9 Å². The smallest absolute Gasteiger partial charge is 0.240 e. The molecular weight excluding hydrogens is 404 g/mol. The number of ketones is 1. The van der Waals surface area contributed by atoms with Crippen LogP contribution in [0, 0.1) is 6.92 Å². The van der Waals surface area contributed by atoms with E-state index in [2.05, 4.69) is 4.72 Å². The molecule has 2 heterocycles. The molecule has 2 aromatic rings. The number of rotatable bonds is 5. The maximum absolute atomic E-state index is 12.6. The van der Waals surface area contributed by atoms with Crippen molar-refractivity contribution in [3.05, 3.63) is 59.7 Å². The summed E-state index contributed by atoms with van der Waals surface area (Å²) in [5.41, 5.74) is 0.737. The summed E-state index contributed by atoms with van der Waals surface area (Å²) in [4.78, 5) is 27.0. The number of amides is 1. The van der Waals surface area contributed by atoms with E-state index in [-0.39, 0.29) is 36.0 Å². The van der Waals surface area contributed by atoms with Crippen LogP contribution in [0.4, 0.5) is 0 Å². The number of Topliss-reactive ketones (excluding diaryl/α,β-unsaturated/α-hetero) is 1. The Morgan fingerprint density at radius 3 is 2.80 bits per heavy atom. The molecule has 30 heavy (non-hydrogen) atoms. The van der Waals surface area contributed by atoms with Gasteiger partial charge < -0.3 is 9.64 Å². The topological polar surface area (TPSA) is 92.8 Å². The van der Waals surface area contributed by atoms with Crippen LogP contribution in [0.3, 0.4) is 0 Å². The molecule has 1 atom stereocenters. The summed E-state index contributed by atoms with van der Waals surface area (Å²) in [5.74, 6) is 0.430. The number of likely N-dealkylation sites (tertiary alicyclic amines) is 1. The van der Waals surface area contributed by atoms with Crippen molar-refractivity contribution in [2.24, 2.45) is 0 Å². The molecule has 7 nitrogen and oxygen atoms in total. The van der Waals surface area contributed by atoms with Crippen molar-refractivity contribution < 1.29 is 22.7 Å². The number of fused-ring (bicyclic) bond motifs is 1. The number of carbonyl (C=O) groups is 2. The molecule has 0 bridgehead atoms.